The van der Waals surface area contributed by atoms with Crippen molar-refractivity contribution >= 4 is 11.1 Å². The monoisotopic (exact) mass is 191 g/mol. The fraction of sp³-hybridized carbons (Fsp3) is 0.364. The zero-order valence-electron chi connectivity index (χ0n) is 8.32. The average molecular weight is 191 g/mol. The Morgan fingerprint density at radius 1 is 1.43 bits per heavy atom. The number of hydrogen-bond donors (Lipinski definition) is 1. The first kappa shape index (κ1) is 9.21. The normalized spacial score (nSPS) is 11.4. The molecule has 14 heavy (non-hydrogen) atoms. The molecular formula is C11H13NO2. The third-order valence-corrected chi connectivity index (χ3v) is 2.15. The Labute approximate surface area is 82.4 Å². The SMILES string of the molecule is CC(C)c1nc2ccc(CO)cc2o1. The van der Waals surface area contributed by atoms with Crippen LogP contribution in [0.1, 0.15) is 31.2 Å². The van der Waals surface area contributed by atoms with Crippen LogP contribution in [-0.2, 0) is 6.61 Å². The van der Waals surface area contributed by atoms with Crippen LogP contribution in [-0.4, -0.2) is 10.1 Å². The van der Waals surface area contributed by atoms with E-state index in [4.69, 9.17) is 9.52 Å². The lowest BCUT2D eigenvalue weighted by atomic mass is 10.2. The molecule has 0 fully saturated rings. The maximum Gasteiger partial charge on any atom is 0.198 e. The van der Waals surface area contributed by atoms with Crippen LogP contribution in [0, 0.1) is 0 Å². The quantitative estimate of drug-likeness (QED) is 0.793. The standard InChI is InChI=1S/C11H13NO2/c1-7(2)11-12-9-4-3-8(6-13)5-10(9)14-11/h3-5,7,13H,6H2,1-2H3. The van der Waals surface area contributed by atoms with E-state index in [1.165, 1.54) is 0 Å². The largest absolute Gasteiger partial charge is 0.440 e. The third kappa shape index (κ3) is 1.51. The van der Waals surface area contributed by atoms with Crippen molar-refractivity contribution in [1.29, 1.82) is 0 Å². The molecule has 0 unspecified atom stereocenters. The van der Waals surface area contributed by atoms with Crippen LogP contribution in [0.15, 0.2) is 22.6 Å². The highest BCUT2D eigenvalue weighted by molar-refractivity contribution is 5.73. The second-order valence-corrected chi connectivity index (χ2v) is 3.67. The van der Waals surface area contributed by atoms with Crippen molar-refractivity contribution in [2.45, 2.75) is 26.4 Å². The number of aliphatic hydroxyl groups is 1. The van der Waals surface area contributed by atoms with Crippen molar-refractivity contribution in [2.24, 2.45) is 0 Å². The Kier molecular flexibility index (Phi) is 2.25. The number of aliphatic hydroxyl groups excluding tert-OH is 1. The van der Waals surface area contributed by atoms with Gasteiger partial charge in [-0.2, -0.15) is 0 Å². The minimum atomic E-state index is 0.0354. The lowest BCUT2D eigenvalue weighted by Gasteiger charge is -1.94. The molecule has 0 amide bonds. The number of fused-ring (bicyclic) bond motifs is 1. The van der Waals surface area contributed by atoms with Gasteiger partial charge in [-0.25, -0.2) is 4.98 Å². The van der Waals surface area contributed by atoms with E-state index in [2.05, 4.69) is 4.98 Å². The van der Waals surface area contributed by atoms with Gasteiger partial charge in [0.2, 0.25) is 0 Å². The van der Waals surface area contributed by atoms with Crippen LogP contribution in [0.3, 0.4) is 0 Å². The van der Waals surface area contributed by atoms with Gasteiger partial charge in [0.05, 0.1) is 6.61 Å². The van der Waals surface area contributed by atoms with Crippen LogP contribution in [0.2, 0.25) is 0 Å². The van der Waals surface area contributed by atoms with Gasteiger partial charge >= 0.3 is 0 Å². The molecule has 0 aliphatic carbocycles. The summed E-state index contributed by atoms with van der Waals surface area (Å²) in [6, 6.07) is 5.56. The smallest absolute Gasteiger partial charge is 0.198 e. The van der Waals surface area contributed by atoms with E-state index in [1.54, 1.807) is 0 Å². The molecule has 0 spiro atoms. The molecule has 0 atom stereocenters. The van der Waals surface area contributed by atoms with E-state index in [0.717, 1.165) is 22.6 Å². The second-order valence-electron chi connectivity index (χ2n) is 3.67. The molecule has 2 rings (SSSR count). The summed E-state index contributed by atoms with van der Waals surface area (Å²) in [5.41, 5.74) is 2.45. The molecule has 0 aliphatic heterocycles. The number of hydrogen-bond acceptors (Lipinski definition) is 3. The second kappa shape index (κ2) is 3.42. The maximum absolute atomic E-state index is 8.95. The number of aromatic nitrogens is 1. The van der Waals surface area contributed by atoms with E-state index in [9.17, 15) is 0 Å². The minimum Gasteiger partial charge on any atom is -0.440 e. The molecular weight excluding hydrogens is 178 g/mol. The summed E-state index contributed by atoms with van der Waals surface area (Å²) in [6.45, 7) is 4.11. The zero-order valence-corrected chi connectivity index (χ0v) is 8.32. The van der Waals surface area contributed by atoms with Gasteiger partial charge in [-0.1, -0.05) is 19.9 Å². The number of nitrogens with zero attached hydrogens (tertiary/aromatic N) is 1. The molecule has 1 heterocycles. The average Bonchev–Trinajstić information content (AvgIpc) is 2.59. The summed E-state index contributed by atoms with van der Waals surface area (Å²) in [5.74, 6) is 1.04. The van der Waals surface area contributed by atoms with Gasteiger partial charge in [0.1, 0.15) is 5.52 Å². The van der Waals surface area contributed by atoms with Gasteiger partial charge in [-0.05, 0) is 17.7 Å². The van der Waals surface area contributed by atoms with Gasteiger partial charge in [0.15, 0.2) is 11.5 Å². The van der Waals surface area contributed by atoms with E-state index < -0.39 is 0 Å². The molecule has 3 heteroatoms. The molecule has 0 bridgehead atoms. The van der Waals surface area contributed by atoms with Crippen molar-refractivity contribution < 1.29 is 9.52 Å². The first-order chi connectivity index (χ1) is 6.70. The van der Waals surface area contributed by atoms with Crippen molar-refractivity contribution in [1.82, 2.24) is 4.98 Å². The molecule has 2 aromatic rings. The van der Waals surface area contributed by atoms with Gasteiger partial charge in [0.25, 0.3) is 0 Å². The molecule has 0 saturated heterocycles. The molecule has 74 valence electrons. The summed E-state index contributed by atoms with van der Waals surface area (Å²) in [7, 11) is 0. The highest BCUT2D eigenvalue weighted by Crippen LogP contribution is 2.21. The third-order valence-electron chi connectivity index (χ3n) is 2.15. The van der Waals surface area contributed by atoms with E-state index >= 15 is 0 Å². The minimum absolute atomic E-state index is 0.0354. The van der Waals surface area contributed by atoms with Crippen LogP contribution in [0.25, 0.3) is 11.1 Å². The zero-order chi connectivity index (χ0) is 10.1. The number of oxazole rings is 1. The molecule has 0 aliphatic rings. The van der Waals surface area contributed by atoms with Crippen LogP contribution < -0.4 is 0 Å². The number of rotatable bonds is 2. The summed E-state index contributed by atoms with van der Waals surface area (Å²) in [6.07, 6.45) is 0. The molecule has 0 radical (unpaired) electrons. The Morgan fingerprint density at radius 3 is 2.86 bits per heavy atom. The highest BCUT2D eigenvalue weighted by Gasteiger charge is 2.08. The van der Waals surface area contributed by atoms with Crippen molar-refractivity contribution in [2.75, 3.05) is 0 Å². The molecule has 0 saturated carbocycles. The Bertz CT molecular complexity index is 445. The van der Waals surface area contributed by atoms with Crippen molar-refractivity contribution in [3.05, 3.63) is 29.7 Å². The van der Waals surface area contributed by atoms with Crippen molar-refractivity contribution in [3.8, 4) is 0 Å². The molecule has 1 aromatic heterocycles. The lowest BCUT2D eigenvalue weighted by Crippen LogP contribution is -1.84. The predicted molar refractivity (Wildman–Crippen MR) is 54.0 cm³/mol. The van der Waals surface area contributed by atoms with E-state index in [0.29, 0.717) is 5.92 Å². The van der Waals surface area contributed by atoms with Crippen LogP contribution in [0.5, 0.6) is 0 Å². The fourth-order valence-electron chi connectivity index (χ4n) is 1.33. The Morgan fingerprint density at radius 2 is 2.21 bits per heavy atom. The highest BCUT2D eigenvalue weighted by atomic mass is 16.3. The molecule has 1 aromatic carbocycles. The lowest BCUT2D eigenvalue weighted by molar-refractivity contribution is 0.282. The molecule has 3 nitrogen and oxygen atoms in total. The fourth-order valence-corrected chi connectivity index (χ4v) is 1.33. The summed E-state index contributed by atoms with van der Waals surface area (Å²) in [4.78, 5) is 4.34. The summed E-state index contributed by atoms with van der Waals surface area (Å²) >= 11 is 0. The summed E-state index contributed by atoms with van der Waals surface area (Å²) < 4.78 is 5.55. The topological polar surface area (TPSA) is 46.3 Å². The van der Waals surface area contributed by atoms with Gasteiger partial charge < -0.3 is 9.52 Å². The van der Waals surface area contributed by atoms with Gasteiger partial charge in [-0.3, -0.25) is 0 Å². The first-order valence-electron chi connectivity index (χ1n) is 4.71. The van der Waals surface area contributed by atoms with Crippen LogP contribution in [0.4, 0.5) is 0 Å². The van der Waals surface area contributed by atoms with E-state index in [1.807, 2.05) is 32.0 Å². The number of benzene rings is 1. The van der Waals surface area contributed by atoms with Crippen LogP contribution >= 0.6 is 0 Å². The summed E-state index contributed by atoms with van der Waals surface area (Å²) in [5, 5.41) is 8.95. The predicted octanol–water partition coefficient (Wildman–Crippen LogP) is 2.44. The van der Waals surface area contributed by atoms with E-state index in [-0.39, 0.29) is 6.61 Å². The van der Waals surface area contributed by atoms with Gasteiger partial charge in [0, 0.05) is 5.92 Å². The maximum atomic E-state index is 8.95. The Balaban J connectivity index is 2.54. The Hall–Kier alpha value is -1.35. The first-order valence-corrected chi connectivity index (χ1v) is 4.71. The molecule has 1 N–H and O–H groups in total. The van der Waals surface area contributed by atoms with Gasteiger partial charge in [-0.15, -0.1) is 0 Å². The van der Waals surface area contributed by atoms with Crippen molar-refractivity contribution in [3.63, 3.8) is 0 Å².